The number of aromatic nitrogens is 4. The van der Waals surface area contributed by atoms with Gasteiger partial charge in [-0.25, -0.2) is 5.10 Å². The van der Waals surface area contributed by atoms with Crippen LogP contribution in [0.2, 0.25) is 5.02 Å². The number of ether oxygens (including phenoxy) is 1. The Morgan fingerprint density at radius 3 is 3.06 bits per heavy atom. The molecule has 8 heteroatoms. The van der Waals surface area contributed by atoms with Gasteiger partial charge in [0.25, 0.3) is 0 Å². The van der Waals surface area contributed by atoms with Crippen LogP contribution in [0.15, 0.2) is 18.2 Å². The number of hydrogen-bond acceptors (Lipinski definition) is 5. The van der Waals surface area contributed by atoms with Gasteiger partial charge >= 0.3 is 0 Å². The molecule has 2 aromatic rings. The molecule has 1 aromatic heterocycles. The lowest BCUT2D eigenvalue weighted by Crippen LogP contribution is -2.17. The minimum atomic E-state index is -0.284. The number of tetrazole rings is 1. The Morgan fingerprint density at radius 1 is 1.56 bits per heavy atom. The van der Waals surface area contributed by atoms with E-state index in [0.29, 0.717) is 22.1 Å². The number of aromatic amines is 1. The maximum absolute atomic E-state index is 11.5. The number of nitrogens with zero attached hydrogens (tertiary/aromatic N) is 3. The molecule has 0 aliphatic heterocycles. The number of H-pyrrole nitrogens is 1. The second kappa shape index (κ2) is 5.56. The standard InChI is InChI=1S/C10H10ClN5O2/c1-18-5-9(17)12-8-4-6(11)2-3-7(8)10-13-15-16-14-10/h2-4H,5H2,1H3,(H,12,17)(H,13,14,15,16). The summed E-state index contributed by atoms with van der Waals surface area (Å²) in [6, 6.07) is 5.02. The van der Waals surface area contributed by atoms with Gasteiger partial charge < -0.3 is 10.1 Å². The molecule has 0 spiro atoms. The summed E-state index contributed by atoms with van der Waals surface area (Å²) in [4.78, 5) is 11.5. The molecule has 94 valence electrons. The second-order valence-corrected chi connectivity index (χ2v) is 3.86. The minimum absolute atomic E-state index is 0.0411. The SMILES string of the molecule is COCC(=O)Nc1cc(Cl)ccc1-c1nnn[nH]1. The zero-order valence-electron chi connectivity index (χ0n) is 9.48. The van der Waals surface area contributed by atoms with Crippen molar-refractivity contribution < 1.29 is 9.53 Å². The summed E-state index contributed by atoms with van der Waals surface area (Å²) in [5.74, 6) is 0.160. The number of halogens is 1. The molecule has 0 fully saturated rings. The van der Waals surface area contributed by atoms with E-state index >= 15 is 0 Å². The first-order chi connectivity index (χ1) is 8.70. The predicted octanol–water partition coefficient (Wildman–Crippen LogP) is 1.10. The van der Waals surface area contributed by atoms with Crippen molar-refractivity contribution in [2.75, 3.05) is 19.0 Å². The maximum atomic E-state index is 11.5. The van der Waals surface area contributed by atoms with Crippen molar-refractivity contribution in [1.29, 1.82) is 0 Å². The first kappa shape index (κ1) is 12.5. The van der Waals surface area contributed by atoms with Crippen LogP contribution in [-0.2, 0) is 9.53 Å². The van der Waals surface area contributed by atoms with Crippen LogP contribution >= 0.6 is 11.6 Å². The number of hydrogen-bond donors (Lipinski definition) is 2. The van der Waals surface area contributed by atoms with Gasteiger partial charge in [0.15, 0.2) is 5.82 Å². The van der Waals surface area contributed by atoms with Crippen molar-refractivity contribution in [3.05, 3.63) is 23.2 Å². The van der Waals surface area contributed by atoms with Gasteiger partial charge in [0.2, 0.25) is 5.91 Å². The molecule has 0 saturated carbocycles. The molecule has 0 saturated heterocycles. The Morgan fingerprint density at radius 2 is 2.39 bits per heavy atom. The Labute approximate surface area is 107 Å². The maximum Gasteiger partial charge on any atom is 0.250 e. The lowest BCUT2D eigenvalue weighted by atomic mass is 10.1. The summed E-state index contributed by atoms with van der Waals surface area (Å²) < 4.78 is 4.74. The Hall–Kier alpha value is -1.99. The van der Waals surface area contributed by atoms with E-state index < -0.39 is 0 Å². The van der Waals surface area contributed by atoms with E-state index in [4.69, 9.17) is 16.3 Å². The van der Waals surface area contributed by atoms with Crippen molar-refractivity contribution in [3.63, 3.8) is 0 Å². The smallest absolute Gasteiger partial charge is 0.250 e. The summed E-state index contributed by atoms with van der Waals surface area (Å²) >= 11 is 5.89. The van der Waals surface area contributed by atoms with E-state index in [2.05, 4.69) is 25.9 Å². The fourth-order valence-corrected chi connectivity index (χ4v) is 1.59. The van der Waals surface area contributed by atoms with Crippen LogP contribution in [0.25, 0.3) is 11.4 Å². The zero-order valence-corrected chi connectivity index (χ0v) is 10.2. The highest BCUT2D eigenvalue weighted by Crippen LogP contribution is 2.27. The van der Waals surface area contributed by atoms with Gasteiger partial charge in [-0.1, -0.05) is 11.6 Å². The first-order valence-electron chi connectivity index (χ1n) is 5.03. The summed E-state index contributed by atoms with van der Waals surface area (Å²) in [5.41, 5.74) is 1.16. The molecular weight excluding hydrogens is 258 g/mol. The van der Waals surface area contributed by atoms with Crippen molar-refractivity contribution in [1.82, 2.24) is 20.6 Å². The molecule has 7 nitrogen and oxygen atoms in total. The largest absolute Gasteiger partial charge is 0.375 e. The fourth-order valence-electron chi connectivity index (χ4n) is 1.42. The monoisotopic (exact) mass is 267 g/mol. The molecule has 0 atom stereocenters. The minimum Gasteiger partial charge on any atom is -0.375 e. The third kappa shape index (κ3) is 2.82. The van der Waals surface area contributed by atoms with Gasteiger partial charge in [-0.15, -0.1) is 5.10 Å². The molecule has 0 radical (unpaired) electrons. The third-order valence-electron chi connectivity index (χ3n) is 2.13. The normalized spacial score (nSPS) is 10.3. The third-order valence-corrected chi connectivity index (χ3v) is 2.37. The average Bonchev–Trinajstić information content (AvgIpc) is 2.83. The molecule has 18 heavy (non-hydrogen) atoms. The van der Waals surface area contributed by atoms with Gasteiger partial charge in [0.05, 0.1) is 5.69 Å². The number of carbonyl (C=O) groups is 1. The van der Waals surface area contributed by atoms with Crippen molar-refractivity contribution >= 4 is 23.2 Å². The summed E-state index contributed by atoms with van der Waals surface area (Å²) in [5, 5.41) is 16.6. The fraction of sp³-hybridized carbons (Fsp3) is 0.200. The van der Waals surface area contributed by atoms with Gasteiger partial charge in [-0.05, 0) is 28.6 Å². The lowest BCUT2D eigenvalue weighted by Gasteiger charge is -2.09. The van der Waals surface area contributed by atoms with Gasteiger partial charge in [0.1, 0.15) is 6.61 Å². The van der Waals surface area contributed by atoms with Crippen molar-refractivity contribution in [2.45, 2.75) is 0 Å². The quantitative estimate of drug-likeness (QED) is 0.865. The molecule has 1 aromatic carbocycles. The van der Waals surface area contributed by atoms with Crippen LogP contribution in [0.1, 0.15) is 0 Å². The van der Waals surface area contributed by atoms with Crippen LogP contribution in [0.4, 0.5) is 5.69 Å². The van der Waals surface area contributed by atoms with Gasteiger partial charge in [-0.3, -0.25) is 4.79 Å². The van der Waals surface area contributed by atoms with Crippen LogP contribution < -0.4 is 5.32 Å². The van der Waals surface area contributed by atoms with E-state index in [-0.39, 0.29) is 12.5 Å². The van der Waals surface area contributed by atoms with Gasteiger partial charge in [-0.2, -0.15) is 0 Å². The van der Waals surface area contributed by atoms with Gasteiger partial charge in [0, 0.05) is 17.7 Å². The number of anilines is 1. The molecular formula is C10H10ClN5O2. The highest BCUT2D eigenvalue weighted by molar-refractivity contribution is 6.31. The Bertz CT molecular complexity index is 543. The topological polar surface area (TPSA) is 92.8 Å². The van der Waals surface area contributed by atoms with Crippen LogP contribution in [0.5, 0.6) is 0 Å². The number of carbonyl (C=O) groups excluding carboxylic acids is 1. The molecule has 2 rings (SSSR count). The zero-order chi connectivity index (χ0) is 13.0. The van der Waals surface area contributed by atoms with Crippen LogP contribution in [0, 0.1) is 0 Å². The molecule has 0 unspecified atom stereocenters. The van der Waals surface area contributed by atoms with E-state index in [1.54, 1.807) is 18.2 Å². The number of rotatable bonds is 4. The molecule has 0 aliphatic carbocycles. The predicted molar refractivity (Wildman–Crippen MR) is 65.1 cm³/mol. The van der Waals surface area contributed by atoms with Crippen molar-refractivity contribution in [2.24, 2.45) is 0 Å². The summed E-state index contributed by atoms with van der Waals surface area (Å²) in [6.45, 7) is -0.0411. The summed E-state index contributed by atoms with van der Waals surface area (Å²) in [6.07, 6.45) is 0. The summed E-state index contributed by atoms with van der Waals surface area (Å²) in [7, 11) is 1.44. The Balaban J connectivity index is 2.32. The van der Waals surface area contributed by atoms with Crippen molar-refractivity contribution in [3.8, 4) is 11.4 Å². The number of methoxy groups -OCH3 is 1. The Kier molecular flexibility index (Phi) is 3.85. The molecule has 0 aliphatic rings. The number of benzene rings is 1. The first-order valence-corrected chi connectivity index (χ1v) is 5.41. The number of nitrogens with one attached hydrogen (secondary N) is 2. The average molecular weight is 268 g/mol. The molecule has 1 heterocycles. The highest BCUT2D eigenvalue weighted by atomic mass is 35.5. The number of amides is 1. The molecule has 2 N–H and O–H groups in total. The second-order valence-electron chi connectivity index (χ2n) is 3.42. The van der Waals surface area contributed by atoms with Crippen LogP contribution in [0.3, 0.4) is 0 Å². The van der Waals surface area contributed by atoms with E-state index in [1.165, 1.54) is 7.11 Å². The van der Waals surface area contributed by atoms with E-state index in [0.717, 1.165) is 0 Å². The molecule has 1 amide bonds. The molecule has 0 bridgehead atoms. The van der Waals surface area contributed by atoms with Crippen LogP contribution in [-0.4, -0.2) is 40.2 Å². The highest BCUT2D eigenvalue weighted by Gasteiger charge is 2.11. The van der Waals surface area contributed by atoms with E-state index in [9.17, 15) is 4.79 Å². The van der Waals surface area contributed by atoms with E-state index in [1.807, 2.05) is 0 Å². The lowest BCUT2D eigenvalue weighted by molar-refractivity contribution is -0.119.